The summed E-state index contributed by atoms with van der Waals surface area (Å²) in [6.45, 7) is 1.56. The van der Waals surface area contributed by atoms with Gasteiger partial charge in [-0.25, -0.2) is 9.97 Å². The molecule has 110 valence electrons. The van der Waals surface area contributed by atoms with Crippen molar-refractivity contribution in [2.75, 3.05) is 19.5 Å². The molecule has 0 spiro atoms. The van der Waals surface area contributed by atoms with Gasteiger partial charge in [-0.3, -0.25) is 10.1 Å². The van der Waals surface area contributed by atoms with Gasteiger partial charge in [0.15, 0.2) is 5.69 Å². The van der Waals surface area contributed by atoms with E-state index in [1.54, 1.807) is 32.2 Å². The van der Waals surface area contributed by atoms with E-state index in [1.165, 1.54) is 7.11 Å². The average molecular weight is 309 g/mol. The summed E-state index contributed by atoms with van der Waals surface area (Å²) in [5, 5.41) is 14.5. The van der Waals surface area contributed by atoms with Crippen molar-refractivity contribution in [2.45, 2.75) is 6.92 Å². The van der Waals surface area contributed by atoms with Crippen molar-refractivity contribution < 1.29 is 9.66 Å². The summed E-state index contributed by atoms with van der Waals surface area (Å²) in [5.41, 5.74) is 0.695. The molecule has 1 heterocycles. The molecule has 0 aliphatic carbocycles. The fourth-order valence-electron chi connectivity index (χ4n) is 1.95. The van der Waals surface area contributed by atoms with Crippen LogP contribution in [0.1, 0.15) is 5.69 Å². The highest BCUT2D eigenvalue weighted by Crippen LogP contribution is 2.38. The zero-order valence-corrected chi connectivity index (χ0v) is 12.4. The molecule has 0 aliphatic rings. The predicted octanol–water partition coefficient (Wildman–Crippen LogP) is 3.06. The molecule has 0 amide bonds. The fourth-order valence-corrected chi connectivity index (χ4v) is 2.12. The molecular weight excluding hydrogens is 296 g/mol. The second kappa shape index (κ2) is 5.92. The Labute approximate surface area is 126 Å². The average Bonchev–Trinajstić information content (AvgIpc) is 2.45. The van der Waals surface area contributed by atoms with Crippen LogP contribution in [0.4, 0.5) is 11.6 Å². The van der Waals surface area contributed by atoms with E-state index in [-0.39, 0.29) is 23.0 Å². The SMILES string of the molecule is CNc1nc(C)c([N+](=O)[O-])c(-c2cc(Cl)ccc2OC)n1. The molecular formula is C13H13ClN4O3. The van der Waals surface area contributed by atoms with Gasteiger partial charge in [0, 0.05) is 12.1 Å². The monoisotopic (exact) mass is 308 g/mol. The van der Waals surface area contributed by atoms with Gasteiger partial charge in [-0.05, 0) is 25.1 Å². The highest BCUT2D eigenvalue weighted by atomic mass is 35.5. The third-order valence-corrected chi connectivity index (χ3v) is 3.12. The number of methoxy groups -OCH3 is 1. The van der Waals surface area contributed by atoms with Gasteiger partial charge in [0.2, 0.25) is 5.95 Å². The van der Waals surface area contributed by atoms with Gasteiger partial charge in [-0.2, -0.15) is 0 Å². The van der Waals surface area contributed by atoms with E-state index in [2.05, 4.69) is 15.3 Å². The maximum Gasteiger partial charge on any atom is 0.316 e. The Morgan fingerprint density at radius 3 is 2.67 bits per heavy atom. The highest BCUT2D eigenvalue weighted by molar-refractivity contribution is 6.31. The summed E-state index contributed by atoms with van der Waals surface area (Å²) >= 11 is 5.98. The Bertz CT molecular complexity index is 706. The maximum atomic E-state index is 11.3. The molecule has 0 bridgehead atoms. The minimum absolute atomic E-state index is 0.163. The summed E-state index contributed by atoms with van der Waals surface area (Å²) in [7, 11) is 3.12. The van der Waals surface area contributed by atoms with Crippen LogP contribution >= 0.6 is 11.6 Å². The molecule has 8 heteroatoms. The van der Waals surface area contributed by atoms with Gasteiger partial charge in [-0.1, -0.05) is 11.6 Å². The minimum atomic E-state index is -0.509. The molecule has 0 saturated carbocycles. The van der Waals surface area contributed by atoms with Crippen molar-refractivity contribution in [2.24, 2.45) is 0 Å². The van der Waals surface area contributed by atoms with E-state index in [4.69, 9.17) is 16.3 Å². The van der Waals surface area contributed by atoms with Crippen LogP contribution in [0, 0.1) is 17.0 Å². The Morgan fingerprint density at radius 1 is 1.38 bits per heavy atom. The Kier molecular flexibility index (Phi) is 4.23. The second-order valence-electron chi connectivity index (χ2n) is 4.18. The lowest BCUT2D eigenvalue weighted by atomic mass is 10.1. The first kappa shape index (κ1) is 15.0. The molecule has 0 aliphatic heterocycles. The van der Waals surface area contributed by atoms with Gasteiger partial charge in [-0.15, -0.1) is 0 Å². The Morgan fingerprint density at radius 2 is 2.10 bits per heavy atom. The number of benzene rings is 1. The quantitative estimate of drug-likeness (QED) is 0.689. The molecule has 1 N–H and O–H groups in total. The van der Waals surface area contributed by atoms with Crippen molar-refractivity contribution in [1.29, 1.82) is 0 Å². The molecule has 0 fully saturated rings. The third-order valence-electron chi connectivity index (χ3n) is 2.88. The topological polar surface area (TPSA) is 90.2 Å². The summed E-state index contributed by atoms with van der Waals surface area (Å²) < 4.78 is 5.24. The smallest absolute Gasteiger partial charge is 0.316 e. The van der Waals surface area contributed by atoms with Gasteiger partial charge < -0.3 is 10.1 Å². The number of nitro groups is 1. The Balaban J connectivity index is 2.81. The van der Waals surface area contributed by atoms with Crippen LogP contribution in [-0.2, 0) is 0 Å². The summed E-state index contributed by atoms with van der Waals surface area (Å²) in [4.78, 5) is 19.1. The molecule has 1 aromatic carbocycles. The van der Waals surface area contributed by atoms with Crippen LogP contribution in [-0.4, -0.2) is 29.0 Å². The number of nitrogens with one attached hydrogen (secondary N) is 1. The van der Waals surface area contributed by atoms with E-state index >= 15 is 0 Å². The number of anilines is 1. The number of hydrogen-bond donors (Lipinski definition) is 1. The van der Waals surface area contributed by atoms with Crippen molar-refractivity contribution >= 4 is 23.2 Å². The predicted molar refractivity (Wildman–Crippen MR) is 80.0 cm³/mol. The molecule has 2 rings (SSSR count). The van der Waals surface area contributed by atoms with E-state index in [9.17, 15) is 10.1 Å². The van der Waals surface area contributed by atoms with Crippen molar-refractivity contribution in [3.63, 3.8) is 0 Å². The van der Waals surface area contributed by atoms with Crippen LogP contribution in [0.25, 0.3) is 11.3 Å². The van der Waals surface area contributed by atoms with Gasteiger partial charge in [0.1, 0.15) is 11.4 Å². The summed E-state index contributed by atoms with van der Waals surface area (Å²) in [6.07, 6.45) is 0. The fraction of sp³-hybridized carbons (Fsp3) is 0.231. The van der Waals surface area contributed by atoms with E-state index in [0.717, 1.165) is 0 Å². The van der Waals surface area contributed by atoms with Crippen LogP contribution in [0.3, 0.4) is 0 Å². The highest BCUT2D eigenvalue weighted by Gasteiger charge is 2.25. The number of ether oxygens (including phenoxy) is 1. The number of aromatic nitrogens is 2. The molecule has 1 aromatic heterocycles. The summed E-state index contributed by atoms with van der Waals surface area (Å²) in [6, 6.07) is 4.86. The van der Waals surface area contributed by atoms with Gasteiger partial charge in [0.05, 0.1) is 17.6 Å². The number of rotatable bonds is 4. The number of hydrogen-bond acceptors (Lipinski definition) is 6. The molecule has 0 unspecified atom stereocenters. The van der Waals surface area contributed by atoms with E-state index in [1.807, 2.05) is 0 Å². The minimum Gasteiger partial charge on any atom is -0.496 e. The molecule has 0 atom stereocenters. The largest absolute Gasteiger partial charge is 0.496 e. The normalized spacial score (nSPS) is 10.3. The van der Waals surface area contributed by atoms with E-state index < -0.39 is 4.92 Å². The van der Waals surface area contributed by atoms with E-state index in [0.29, 0.717) is 16.3 Å². The standard InChI is InChI=1S/C13H13ClN4O3/c1-7-12(18(19)20)11(17-13(15-2)16-7)9-6-8(14)4-5-10(9)21-3/h4-6H,1-3H3,(H,15,16,17). The maximum absolute atomic E-state index is 11.3. The lowest BCUT2D eigenvalue weighted by molar-refractivity contribution is -0.385. The Hall–Kier alpha value is -2.41. The molecule has 0 radical (unpaired) electrons. The number of nitrogens with zero attached hydrogens (tertiary/aromatic N) is 3. The second-order valence-corrected chi connectivity index (χ2v) is 4.62. The lowest BCUT2D eigenvalue weighted by Crippen LogP contribution is -2.05. The lowest BCUT2D eigenvalue weighted by Gasteiger charge is -2.11. The van der Waals surface area contributed by atoms with Crippen molar-refractivity contribution in [3.8, 4) is 17.0 Å². The number of aryl methyl sites for hydroxylation is 1. The first-order valence-corrected chi connectivity index (χ1v) is 6.40. The van der Waals surface area contributed by atoms with Crippen molar-refractivity contribution in [1.82, 2.24) is 9.97 Å². The zero-order valence-electron chi connectivity index (χ0n) is 11.7. The third kappa shape index (κ3) is 2.87. The van der Waals surface area contributed by atoms with Gasteiger partial charge in [0.25, 0.3) is 0 Å². The molecule has 0 saturated heterocycles. The van der Waals surface area contributed by atoms with Crippen LogP contribution in [0.5, 0.6) is 5.75 Å². The first-order chi connectivity index (χ1) is 9.97. The van der Waals surface area contributed by atoms with Crippen LogP contribution < -0.4 is 10.1 Å². The van der Waals surface area contributed by atoms with Gasteiger partial charge >= 0.3 is 5.69 Å². The van der Waals surface area contributed by atoms with Crippen LogP contribution in [0.2, 0.25) is 5.02 Å². The van der Waals surface area contributed by atoms with Crippen molar-refractivity contribution in [3.05, 3.63) is 39.0 Å². The zero-order chi connectivity index (χ0) is 15.6. The molecule has 21 heavy (non-hydrogen) atoms. The van der Waals surface area contributed by atoms with Crippen LogP contribution in [0.15, 0.2) is 18.2 Å². The summed E-state index contributed by atoms with van der Waals surface area (Å²) in [5.74, 6) is 0.734. The molecule has 7 nitrogen and oxygen atoms in total. The first-order valence-electron chi connectivity index (χ1n) is 6.02. The number of halogens is 1. The molecule has 2 aromatic rings.